The number of aryl methyl sites for hydroxylation is 1. The van der Waals surface area contributed by atoms with E-state index in [1.807, 2.05) is 43.6 Å². The summed E-state index contributed by atoms with van der Waals surface area (Å²) in [6, 6.07) is 7.68. The zero-order chi connectivity index (χ0) is 14.0. The van der Waals surface area contributed by atoms with Crippen LogP contribution in [0.25, 0.3) is 0 Å². The second-order valence-corrected chi connectivity index (χ2v) is 6.82. The molecule has 0 aliphatic carbocycles. The summed E-state index contributed by atoms with van der Waals surface area (Å²) in [6.45, 7) is 2.56. The zero-order valence-electron chi connectivity index (χ0n) is 10.7. The number of carbonyl (C=O) groups is 1. The van der Waals surface area contributed by atoms with E-state index in [0.29, 0.717) is 12.1 Å². The van der Waals surface area contributed by atoms with E-state index in [1.54, 1.807) is 16.2 Å². The molecule has 0 bridgehead atoms. The lowest BCUT2D eigenvalue weighted by Crippen LogP contribution is -2.26. The minimum atomic E-state index is 0.0259. The first-order chi connectivity index (χ1) is 8.97. The lowest BCUT2D eigenvalue weighted by Gasteiger charge is -2.17. The van der Waals surface area contributed by atoms with E-state index in [9.17, 15) is 4.79 Å². The fourth-order valence-corrected chi connectivity index (χ4v) is 3.50. The van der Waals surface area contributed by atoms with Gasteiger partial charge in [-0.25, -0.2) is 0 Å². The van der Waals surface area contributed by atoms with Crippen molar-refractivity contribution in [2.75, 3.05) is 7.05 Å². The topological polar surface area (TPSA) is 20.3 Å². The molecule has 100 valence electrons. The van der Waals surface area contributed by atoms with Crippen LogP contribution in [0, 0.1) is 6.92 Å². The molecule has 0 saturated heterocycles. The third-order valence-electron chi connectivity index (χ3n) is 2.81. The number of thiophene rings is 1. The van der Waals surface area contributed by atoms with E-state index < -0.39 is 0 Å². The van der Waals surface area contributed by atoms with Crippen LogP contribution in [0.4, 0.5) is 0 Å². The second kappa shape index (κ2) is 6.11. The average Bonchev–Trinajstić information content (AvgIpc) is 2.77. The van der Waals surface area contributed by atoms with Gasteiger partial charge in [0.05, 0.1) is 6.54 Å². The Hall–Kier alpha value is -0.780. The Morgan fingerprint density at radius 3 is 2.79 bits per heavy atom. The lowest BCUT2D eigenvalue weighted by atomic mass is 10.1. The van der Waals surface area contributed by atoms with Gasteiger partial charge in [-0.2, -0.15) is 0 Å². The predicted octanol–water partition coefficient (Wildman–Crippen LogP) is 4.38. The lowest BCUT2D eigenvalue weighted by molar-refractivity contribution is 0.0785. The van der Waals surface area contributed by atoms with Crippen LogP contribution in [0.5, 0.6) is 0 Å². The first-order valence-electron chi connectivity index (χ1n) is 5.75. The Kier molecular flexibility index (Phi) is 4.71. The molecule has 1 aromatic heterocycles. The van der Waals surface area contributed by atoms with Crippen molar-refractivity contribution in [1.29, 1.82) is 0 Å². The summed E-state index contributed by atoms with van der Waals surface area (Å²) in [7, 11) is 1.82. The molecule has 0 fully saturated rings. The second-order valence-electron chi connectivity index (χ2n) is 4.39. The third kappa shape index (κ3) is 3.61. The fraction of sp³-hybridized carbons (Fsp3) is 0.214. The van der Waals surface area contributed by atoms with Gasteiger partial charge in [-0.15, -0.1) is 24.0 Å². The highest BCUT2D eigenvalue weighted by atomic mass is 79.9. The molecule has 19 heavy (non-hydrogen) atoms. The Balaban J connectivity index is 2.16. The highest BCUT2D eigenvalue weighted by molar-refractivity contribution is 9.10. The van der Waals surface area contributed by atoms with E-state index in [2.05, 4.69) is 28.6 Å². The summed E-state index contributed by atoms with van der Waals surface area (Å²) in [5, 5.41) is 2.02. The van der Waals surface area contributed by atoms with Crippen molar-refractivity contribution >= 4 is 45.8 Å². The van der Waals surface area contributed by atoms with Crippen LogP contribution < -0.4 is 0 Å². The van der Waals surface area contributed by atoms with Crippen LogP contribution >= 0.6 is 39.9 Å². The van der Waals surface area contributed by atoms with Crippen LogP contribution in [-0.2, 0) is 6.54 Å². The molecule has 0 aliphatic rings. The van der Waals surface area contributed by atoms with E-state index in [1.165, 1.54) is 0 Å². The maximum absolute atomic E-state index is 12.4. The smallest absolute Gasteiger partial charge is 0.254 e. The number of halogens is 1. The van der Waals surface area contributed by atoms with Gasteiger partial charge in [0, 0.05) is 32.2 Å². The van der Waals surface area contributed by atoms with Crippen molar-refractivity contribution in [2.24, 2.45) is 0 Å². The number of carbonyl (C=O) groups excluding carboxylic acids is 1. The Morgan fingerprint density at radius 2 is 2.16 bits per heavy atom. The Morgan fingerprint density at radius 1 is 1.42 bits per heavy atom. The molecule has 0 unspecified atom stereocenters. The van der Waals surface area contributed by atoms with Crippen molar-refractivity contribution in [3.63, 3.8) is 0 Å². The van der Waals surface area contributed by atoms with E-state index >= 15 is 0 Å². The fourth-order valence-electron chi connectivity index (χ4n) is 1.79. The van der Waals surface area contributed by atoms with Gasteiger partial charge in [0.25, 0.3) is 5.91 Å². The average molecular weight is 356 g/mol. The largest absolute Gasteiger partial charge is 0.337 e. The standard InChI is InChI=1S/C14H14BrNOS2/c1-9-3-4-11(18)6-13(9)14(17)16(2)7-12-5-10(15)8-19-12/h3-6,8,18H,7H2,1-2H3. The molecule has 1 amide bonds. The molecule has 1 aromatic carbocycles. The molecule has 5 heteroatoms. The normalized spacial score (nSPS) is 10.5. The van der Waals surface area contributed by atoms with E-state index in [0.717, 1.165) is 19.8 Å². The first kappa shape index (κ1) is 14.6. The van der Waals surface area contributed by atoms with Crippen LogP contribution in [0.15, 0.2) is 39.0 Å². The van der Waals surface area contributed by atoms with Gasteiger partial charge in [0.15, 0.2) is 0 Å². The van der Waals surface area contributed by atoms with Gasteiger partial charge in [-0.05, 0) is 46.6 Å². The molecule has 0 saturated carbocycles. The number of thiol groups is 1. The number of hydrogen-bond acceptors (Lipinski definition) is 3. The number of hydrogen-bond donors (Lipinski definition) is 1. The van der Waals surface area contributed by atoms with Gasteiger partial charge in [0.2, 0.25) is 0 Å². The summed E-state index contributed by atoms with van der Waals surface area (Å²) in [6.07, 6.45) is 0. The van der Waals surface area contributed by atoms with Crippen molar-refractivity contribution in [3.8, 4) is 0 Å². The van der Waals surface area contributed by atoms with Gasteiger partial charge < -0.3 is 4.90 Å². The van der Waals surface area contributed by atoms with Crippen LogP contribution in [0.2, 0.25) is 0 Å². The monoisotopic (exact) mass is 355 g/mol. The van der Waals surface area contributed by atoms with Crippen molar-refractivity contribution in [2.45, 2.75) is 18.4 Å². The minimum Gasteiger partial charge on any atom is -0.337 e. The van der Waals surface area contributed by atoms with Gasteiger partial charge >= 0.3 is 0 Å². The van der Waals surface area contributed by atoms with E-state index in [-0.39, 0.29) is 5.91 Å². The van der Waals surface area contributed by atoms with Gasteiger partial charge in [0.1, 0.15) is 0 Å². The van der Waals surface area contributed by atoms with Gasteiger partial charge in [-0.1, -0.05) is 6.07 Å². The molecule has 1 heterocycles. The molecule has 0 atom stereocenters. The minimum absolute atomic E-state index is 0.0259. The van der Waals surface area contributed by atoms with Gasteiger partial charge in [-0.3, -0.25) is 4.79 Å². The Labute approximate surface area is 131 Å². The van der Waals surface area contributed by atoms with Crippen LogP contribution in [0.1, 0.15) is 20.8 Å². The van der Waals surface area contributed by atoms with Crippen LogP contribution in [-0.4, -0.2) is 17.9 Å². The first-order valence-corrected chi connectivity index (χ1v) is 7.87. The molecule has 2 nitrogen and oxygen atoms in total. The molecule has 0 radical (unpaired) electrons. The van der Waals surface area contributed by atoms with Crippen molar-refractivity contribution in [1.82, 2.24) is 4.90 Å². The van der Waals surface area contributed by atoms with Crippen LogP contribution in [0.3, 0.4) is 0 Å². The third-order valence-corrected chi connectivity index (χ3v) is 4.77. The number of nitrogens with zero attached hydrogens (tertiary/aromatic N) is 1. The highest BCUT2D eigenvalue weighted by Crippen LogP contribution is 2.22. The summed E-state index contributed by atoms with van der Waals surface area (Å²) < 4.78 is 1.06. The highest BCUT2D eigenvalue weighted by Gasteiger charge is 2.15. The summed E-state index contributed by atoms with van der Waals surface area (Å²) in [4.78, 5) is 16.1. The SMILES string of the molecule is Cc1ccc(S)cc1C(=O)N(C)Cc1cc(Br)cs1. The predicted molar refractivity (Wildman–Crippen MR) is 86.2 cm³/mol. The molecule has 0 aliphatic heterocycles. The quantitative estimate of drug-likeness (QED) is 0.810. The maximum atomic E-state index is 12.4. The van der Waals surface area contributed by atoms with E-state index in [4.69, 9.17) is 0 Å². The molecular weight excluding hydrogens is 342 g/mol. The number of amides is 1. The number of benzene rings is 1. The molecule has 0 spiro atoms. The summed E-state index contributed by atoms with van der Waals surface area (Å²) in [5.41, 5.74) is 1.69. The number of rotatable bonds is 3. The molecule has 2 rings (SSSR count). The maximum Gasteiger partial charge on any atom is 0.254 e. The Bertz CT molecular complexity index is 609. The molecular formula is C14H14BrNOS2. The zero-order valence-corrected chi connectivity index (χ0v) is 14.0. The molecule has 2 aromatic rings. The van der Waals surface area contributed by atoms with Crippen molar-refractivity contribution in [3.05, 3.63) is 50.1 Å². The van der Waals surface area contributed by atoms with Crippen molar-refractivity contribution < 1.29 is 4.79 Å². The summed E-state index contributed by atoms with van der Waals surface area (Å²) >= 11 is 9.36. The molecule has 0 N–H and O–H groups in total. The summed E-state index contributed by atoms with van der Waals surface area (Å²) in [5.74, 6) is 0.0259.